The van der Waals surface area contributed by atoms with Gasteiger partial charge < -0.3 is 0 Å². The first-order chi connectivity index (χ1) is 5.77. The Kier molecular flexibility index (Phi) is 1.40. The molecule has 2 rings (SSSR count). The number of hydrogen-bond acceptors (Lipinski definition) is 2. The van der Waals surface area contributed by atoms with E-state index in [-0.39, 0.29) is 5.56 Å². The number of fused-ring (bicyclic) bond motifs is 1. The minimum Gasteiger partial charge on any atom is -0.267 e. The van der Waals surface area contributed by atoms with Gasteiger partial charge in [-0.1, -0.05) is 0 Å². The molecule has 1 aromatic heterocycles. The van der Waals surface area contributed by atoms with Crippen molar-refractivity contribution in [3.05, 3.63) is 40.6 Å². The molecule has 3 nitrogen and oxygen atoms in total. The first kappa shape index (κ1) is 6.97. The van der Waals surface area contributed by atoms with E-state index < -0.39 is 5.82 Å². The summed E-state index contributed by atoms with van der Waals surface area (Å²) in [5.41, 5.74) is -0.369. The molecule has 0 spiro atoms. The normalized spacial score (nSPS) is 10.4. The summed E-state index contributed by atoms with van der Waals surface area (Å²) >= 11 is 0. The van der Waals surface area contributed by atoms with E-state index in [1.54, 1.807) is 0 Å². The molecule has 0 aliphatic rings. The molecule has 0 radical (unpaired) electrons. The van der Waals surface area contributed by atoms with E-state index in [9.17, 15) is 9.18 Å². The molecule has 1 aromatic carbocycles. The van der Waals surface area contributed by atoms with Crippen LogP contribution >= 0.6 is 0 Å². The Bertz CT molecular complexity index is 478. The third kappa shape index (κ3) is 0.972. The third-order valence-electron chi connectivity index (χ3n) is 1.63. The van der Waals surface area contributed by atoms with E-state index in [0.29, 0.717) is 10.8 Å². The second-order valence-electron chi connectivity index (χ2n) is 2.43. The molecule has 0 amide bonds. The van der Waals surface area contributed by atoms with Crippen molar-refractivity contribution in [2.45, 2.75) is 0 Å². The zero-order chi connectivity index (χ0) is 8.55. The maximum Gasteiger partial charge on any atom is 0.272 e. The summed E-state index contributed by atoms with van der Waals surface area (Å²) in [6.45, 7) is 0. The second kappa shape index (κ2) is 2.41. The number of nitrogens with one attached hydrogen (secondary N) is 1. The molecule has 0 aliphatic heterocycles. The highest BCUT2D eigenvalue weighted by Gasteiger charge is 1.98. The van der Waals surface area contributed by atoms with Crippen LogP contribution in [0.4, 0.5) is 4.39 Å². The Morgan fingerprint density at radius 1 is 1.42 bits per heavy atom. The van der Waals surface area contributed by atoms with Crippen molar-refractivity contribution in [1.29, 1.82) is 0 Å². The van der Waals surface area contributed by atoms with Gasteiger partial charge in [-0.2, -0.15) is 5.10 Å². The Balaban J connectivity index is 2.98. The summed E-state index contributed by atoms with van der Waals surface area (Å²) in [4.78, 5) is 11.0. The van der Waals surface area contributed by atoms with E-state index in [4.69, 9.17) is 0 Å². The van der Waals surface area contributed by atoms with Crippen LogP contribution < -0.4 is 5.56 Å². The second-order valence-corrected chi connectivity index (χ2v) is 2.43. The van der Waals surface area contributed by atoms with Gasteiger partial charge in [-0.25, -0.2) is 9.49 Å². The molecule has 0 saturated carbocycles. The van der Waals surface area contributed by atoms with E-state index in [1.807, 2.05) is 0 Å². The zero-order valence-corrected chi connectivity index (χ0v) is 6.04. The SMILES string of the molecule is O=c1[nH]ncc2ccc(F)cc12. The molecule has 0 aliphatic carbocycles. The van der Waals surface area contributed by atoms with Gasteiger partial charge in [0.05, 0.1) is 11.6 Å². The number of benzene rings is 1. The number of H-pyrrole nitrogens is 1. The van der Waals surface area contributed by atoms with Crippen molar-refractivity contribution in [2.75, 3.05) is 0 Å². The van der Waals surface area contributed by atoms with Crippen molar-refractivity contribution in [2.24, 2.45) is 0 Å². The minimum atomic E-state index is -0.417. The predicted molar refractivity (Wildman–Crippen MR) is 42.3 cm³/mol. The fourth-order valence-electron chi connectivity index (χ4n) is 1.06. The average Bonchev–Trinajstić information content (AvgIpc) is 2.07. The van der Waals surface area contributed by atoms with E-state index >= 15 is 0 Å². The first-order valence-electron chi connectivity index (χ1n) is 3.40. The van der Waals surface area contributed by atoms with Gasteiger partial charge in [-0.15, -0.1) is 0 Å². The van der Waals surface area contributed by atoms with Crippen molar-refractivity contribution >= 4 is 10.8 Å². The zero-order valence-electron chi connectivity index (χ0n) is 6.04. The summed E-state index contributed by atoms with van der Waals surface area (Å²) < 4.78 is 12.6. The minimum absolute atomic E-state index is 0.324. The van der Waals surface area contributed by atoms with Gasteiger partial charge in [0.25, 0.3) is 5.56 Å². The van der Waals surface area contributed by atoms with Crippen LogP contribution in [0.15, 0.2) is 29.2 Å². The summed E-state index contributed by atoms with van der Waals surface area (Å²) in [6.07, 6.45) is 1.48. The van der Waals surface area contributed by atoms with Gasteiger partial charge in [0, 0.05) is 5.39 Å². The van der Waals surface area contributed by atoms with E-state index in [0.717, 1.165) is 0 Å². The number of aromatic amines is 1. The molecule has 0 atom stereocenters. The molecule has 0 bridgehead atoms. The molecule has 0 fully saturated rings. The number of halogens is 1. The van der Waals surface area contributed by atoms with Gasteiger partial charge in [-0.3, -0.25) is 4.79 Å². The summed E-state index contributed by atoms with van der Waals surface area (Å²) in [5.74, 6) is -0.417. The highest BCUT2D eigenvalue weighted by Crippen LogP contribution is 2.08. The van der Waals surface area contributed by atoms with Crippen LogP contribution in [-0.4, -0.2) is 10.2 Å². The molecule has 1 N–H and O–H groups in total. The van der Waals surface area contributed by atoms with Crippen LogP contribution in [0.5, 0.6) is 0 Å². The lowest BCUT2D eigenvalue weighted by molar-refractivity contribution is 0.629. The fourth-order valence-corrected chi connectivity index (χ4v) is 1.06. The molecule has 4 heteroatoms. The van der Waals surface area contributed by atoms with Crippen molar-refractivity contribution in [3.63, 3.8) is 0 Å². The van der Waals surface area contributed by atoms with Gasteiger partial charge in [0.15, 0.2) is 0 Å². The van der Waals surface area contributed by atoms with Crippen molar-refractivity contribution < 1.29 is 4.39 Å². The predicted octanol–water partition coefficient (Wildman–Crippen LogP) is 1.06. The topological polar surface area (TPSA) is 45.8 Å². The summed E-state index contributed by atoms with van der Waals surface area (Å²) in [6, 6.07) is 4.01. The van der Waals surface area contributed by atoms with E-state index in [1.165, 1.54) is 24.4 Å². The Morgan fingerprint density at radius 2 is 2.25 bits per heavy atom. The van der Waals surface area contributed by atoms with Gasteiger partial charge in [-0.05, 0) is 18.2 Å². The van der Waals surface area contributed by atoms with Gasteiger partial charge in [0.2, 0.25) is 0 Å². The maximum atomic E-state index is 12.6. The number of hydrogen-bond donors (Lipinski definition) is 1. The van der Waals surface area contributed by atoms with Crippen LogP contribution in [0.25, 0.3) is 10.8 Å². The van der Waals surface area contributed by atoms with Gasteiger partial charge >= 0.3 is 0 Å². The molecule has 2 aromatic rings. The van der Waals surface area contributed by atoms with Crippen LogP contribution in [0.2, 0.25) is 0 Å². The molecular formula is C8H5FN2O. The Morgan fingerprint density at radius 3 is 3.08 bits per heavy atom. The van der Waals surface area contributed by atoms with Crippen molar-refractivity contribution in [1.82, 2.24) is 10.2 Å². The molecule has 0 saturated heterocycles. The maximum absolute atomic E-state index is 12.6. The lowest BCUT2D eigenvalue weighted by Gasteiger charge is -1.93. The Labute approximate surface area is 66.8 Å². The molecule has 0 unspecified atom stereocenters. The average molecular weight is 164 g/mol. The van der Waals surface area contributed by atoms with E-state index in [2.05, 4.69) is 10.2 Å². The van der Waals surface area contributed by atoms with Crippen LogP contribution in [-0.2, 0) is 0 Å². The van der Waals surface area contributed by atoms with Crippen LogP contribution in [0, 0.1) is 5.82 Å². The molecular weight excluding hydrogens is 159 g/mol. The molecule has 1 heterocycles. The largest absolute Gasteiger partial charge is 0.272 e. The number of nitrogens with zero attached hydrogens (tertiary/aromatic N) is 1. The monoisotopic (exact) mass is 164 g/mol. The highest BCUT2D eigenvalue weighted by atomic mass is 19.1. The number of rotatable bonds is 0. The highest BCUT2D eigenvalue weighted by molar-refractivity contribution is 5.80. The lowest BCUT2D eigenvalue weighted by atomic mass is 10.2. The molecule has 60 valence electrons. The number of aromatic nitrogens is 2. The first-order valence-corrected chi connectivity index (χ1v) is 3.40. The third-order valence-corrected chi connectivity index (χ3v) is 1.63. The Hall–Kier alpha value is -1.71. The summed E-state index contributed by atoms with van der Waals surface area (Å²) in [5, 5.41) is 6.77. The van der Waals surface area contributed by atoms with Gasteiger partial charge in [0.1, 0.15) is 5.82 Å². The van der Waals surface area contributed by atoms with Crippen molar-refractivity contribution in [3.8, 4) is 0 Å². The lowest BCUT2D eigenvalue weighted by Crippen LogP contribution is -2.07. The fraction of sp³-hybridized carbons (Fsp3) is 0. The smallest absolute Gasteiger partial charge is 0.267 e. The summed E-state index contributed by atoms with van der Waals surface area (Å²) in [7, 11) is 0. The standard InChI is InChI=1S/C8H5FN2O/c9-6-2-1-5-4-10-11-8(12)7(5)3-6/h1-4H,(H,11,12). The molecule has 12 heavy (non-hydrogen) atoms. The van der Waals surface area contributed by atoms with Crippen LogP contribution in [0.1, 0.15) is 0 Å². The quantitative estimate of drug-likeness (QED) is 0.632. The van der Waals surface area contributed by atoms with Crippen LogP contribution in [0.3, 0.4) is 0 Å².